The number of hydrogen-bond donors (Lipinski definition) is 8. The van der Waals surface area contributed by atoms with Crippen LogP contribution in [0.15, 0.2) is 0 Å². The first-order valence-corrected chi connectivity index (χ1v) is 7.61. The number of amides is 4. The molecule has 0 aromatic rings. The highest BCUT2D eigenvalue weighted by atomic mass is 32.1. The number of aliphatic carboxylic acids is 1. The average Bonchev–Trinajstić information content (AvgIpc) is 2.55. The predicted molar refractivity (Wildman–Crippen MR) is 87.2 cm³/mol. The zero-order valence-corrected chi connectivity index (χ0v) is 14.0. The normalized spacial score (nSPS) is 13.9. The lowest BCUT2D eigenvalue weighted by atomic mass is 10.1. The molecule has 13 heteroatoms. The number of thiol groups is 1. The van der Waals surface area contributed by atoms with Crippen molar-refractivity contribution in [3.63, 3.8) is 0 Å². The van der Waals surface area contributed by atoms with Crippen LogP contribution in [0.2, 0.25) is 0 Å². The topological polar surface area (TPSA) is 214 Å². The lowest BCUT2D eigenvalue weighted by molar-refractivity contribution is -0.138. The molecule has 3 unspecified atom stereocenters. The van der Waals surface area contributed by atoms with Crippen molar-refractivity contribution in [2.45, 2.75) is 24.5 Å². The van der Waals surface area contributed by atoms with Crippen LogP contribution in [0.25, 0.3) is 0 Å². The Morgan fingerprint density at radius 2 is 1.56 bits per heavy atom. The molecule has 12 nitrogen and oxygen atoms in total. The summed E-state index contributed by atoms with van der Waals surface area (Å²) in [5.74, 6) is -5.01. The summed E-state index contributed by atoms with van der Waals surface area (Å²) in [7, 11) is 0. The highest BCUT2D eigenvalue weighted by Gasteiger charge is 2.28. The highest BCUT2D eigenvalue weighted by molar-refractivity contribution is 7.80. The van der Waals surface area contributed by atoms with E-state index >= 15 is 0 Å². The molecule has 0 aliphatic carbocycles. The molecular weight excluding hydrogens is 358 g/mol. The van der Waals surface area contributed by atoms with E-state index < -0.39 is 67.3 Å². The third-order valence-electron chi connectivity index (χ3n) is 2.80. The Hall–Kier alpha value is -2.38. The number of carboxylic acid groups (broad SMARTS) is 1. The van der Waals surface area contributed by atoms with Gasteiger partial charge < -0.3 is 37.6 Å². The smallest absolute Gasteiger partial charge is 0.322 e. The minimum atomic E-state index is -1.43. The summed E-state index contributed by atoms with van der Waals surface area (Å²) in [6.07, 6.45) is -0.578. The Morgan fingerprint density at radius 3 is 2.00 bits per heavy atom. The molecule has 25 heavy (non-hydrogen) atoms. The van der Waals surface area contributed by atoms with E-state index in [9.17, 15) is 24.0 Å². The molecule has 0 radical (unpaired) electrons. The van der Waals surface area contributed by atoms with Gasteiger partial charge in [0.15, 0.2) is 0 Å². The number of primary amides is 1. The SMILES string of the molecule is NC(=O)CC(NC(=O)C(N)CO)C(=O)NC(CS)C(=O)NCC(=O)O. The van der Waals surface area contributed by atoms with E-state index in [1.807, 2.05) is 0 Å². The molecule has 0 aromatic carbocycles. The van der Waals surface area contributed by atoms with Crippen molar-refractivity contribution in [2.24, 2.45) is 11.5 Å². The molecule has 3 atom stereocenters. The van der Waals surface area contributed by atoms with Crippen LogP contribution in [0.3, 0.4) is 0 Å². The van der Waals surface area contributed by atoms with E-state index in [1.54, 1.807) is 0 Å². The van der Waals surface area contributed by atoms with Crippen molar-refractivity contribution in [3.8, 4) is 0 Å². The van der Waals surface area contributed by atoms with Gasteiger partial charge in [0.2, 0.25) is 23.6 Å². The first-order valence-electron chi connectivity index (χ1n) is 6.98. The standard InChI is InChI=1S/C12H21N5O7S/c13-5(3-18)10(22)16-6(1-8(14)19)12(24)17-7(4-25)11(23)15-2-9(20)21/h5-7,18,25H,1-4,13H2,(H2,14,19)(H,15,23)(H,16,22)(H,17,24)(H,20,21). The second-order valence-corrected chi connectivity index (χ2v) is 5.24. The molecule has 4 amide bonds. The van der Waals surface area contributed by atoms with Gasteiger partial charge in [0.1, 0.15) is 24.7 Å². The van der Waals surface area contributed by atoms with Gasteiger partial charge in [0.25, 0.3) is 0 Å². The minimum Gasteiger partial charge on any atom is -0.480 e. The maximum atomic E-state index is 12.2. The molecule has 0 aliphatic rings. The Kier molecular flexibility index (Phi) is 10.2. The molecule has 0 spiro atoms. The number of aliphatic hydroxyl groups excluding tert-OH is 1. The summed E-state index contributed by atoms with van der Waals surface area (Å²) in [5, 5.41) is 23.7. The van der Waals surface area contributed by atoms with Gasteiger partial charge in [0, 0.05) is 5.75 Å². The second kappa shape index (κ2) is 11.2. The maximum absolute atomic E-state index is 12.2. The molecule has 0 rings (SSSR count). The number of nitrogens with two attached hydrogens (primary N) is 2. The first kappa shape index (κ1) is 22.6. The lowest BCUT2D eigenvalue weighted by Gasteiger charge is -2.22. The number of carbonyl (C=O) groups is 5. The summed E-state index contributed by atoms with van der Waals surface area (Å²) in [6, 6.07) is -3.96. The summed E-state index contributed by atoms with van der Waals surface area (Å²) in [6.45, 7) is -1.35. The molecule has 0 saturated carbocycles. The van der Waals surface area contributed by atoms with Crippen LogP contribution < -0.4 is 27.4 Å². The minimum absolute atomic E-state index is 0.176. The fourth-order valence-electron chi connectivity index (χ4n) is 1.52. The molecule has 9 N–H and O–H groups in total. The summed E-state index contributed by atoms with van der Waals surface area (Å²) >= 11 is 3.88. The number of carbonyl (C=O) groups excluding carboxylic acids is 4. The highest BCUT2D eigenvalue weighted by Crippen LogP contribution is 1.97. The fourth-order valence-corrected chi connectivity index (χ4v) is 1.78. The van der Waals surface area contributed by atoms with Gasteiger partial charge in [0.05, 0.1) is 13.0 Å². The van der Waals surface area contributed by atoms with E-state index in [0.717, 1.165) is 0 Å². The van der Waals surface area contributed by atoms with Gasteiger partial charge >= 0.3 is 5.97 Å². The summed E-state index contributed by atoms with van der Waals surface area (Å²) in [4.78, 5) is 57.1. The van der Waals surface area contributed by atoms with Crippen LogP contribution in [-0.2, 0) is 24.0 Å². The molecule has 0 saturated heterocycles. The monoisotopic (exact) mass is 379 g/mol. The second-order valence-electron chi connectivity index (χ2n) is 4.88. The zero-order valence-electron chi connectivity index (χ0n) is 13.1. The van der Waals surface area contributed by atoms with Crippen molar-refractivity contribution in [2.75, 3.05) is 18.9 Å². The number of hydrogen-bond acceptors (Lipinski definition) is 8. The van der Waals surface area contributed by atoms with E-state index in [0.29, 0.717) is 0 Å². The first-order chi connectivity index (χ1) is 11.6. The van der Waals surface area contributed by atoms with Crippen molar-refractivity contribution >= 4 is 42.2 Å². The molecule has 0 heterocycles. The van der Waals surface area contributed by atoms with Gasteiger partial charge in [-0.25, -0.2) is 0 Å². The molecular formula is C12H21N5O7S. The van der Waals surface area contributed by atoms with Crippen LogP contribution >= 0.6 is 12.6 Å². The van der Waals surface area contributed by atoms with Crippen molar-refractivity contribution in [1.82, 2.24) is 16.0 Å². The Morgan fingerprint density at radius 1 is 1.00 bits per heavy atom. The average molecular weight is 379 g/mol. The van der Waals surface area contributed by atoms with E-state index in [4.69, 9.17) is 21.7 Å². The van der Waals surface area contributed by atoms with E-state index in [1.165, 1.54) is 0 Å². The fraction of sp³-hybridized carbons (Fsp3) is 0.583. The molecule has 0 fully saturated rings. The number of rotatable bonds is 11. The van der Waals surface area contributed by atoms with Gasteiger partial charge in [-0.1, -0.05) is 0 Å². The van der Waals surface area contributed by atoms with Crippen LogP contribution in [0.4, 0.5) is 0 Å². The third kappa shape index (κ3) is 8.88. The van der Waals surface area contributed by atoms with Crippen molar-refractivity contribution in [3.05, 3.63) is 0 Å². The number of nitrogens with one attached hydrogen (secondary N) is 3. The molecule has 142 valence electrons. The van der Waals surface area contributed by atoms with Gasteiger partial charge in [-0.05, 0) is 0 Å². The third-order valence-corrected chi connectivity index (χ3v) is 3.17. The number of carboxylic acids is 1. The summed E-state index contributed by atoms with van der Waals surface area (Å²) in [5.41, 5.74) is 10.3. The lowest BCUT2D eigenvalue weighted by Crippen LogP contribution is -2.57. The summed E-state index contributed by atoms with van der Waals surface area (Å²) < 4.78 is 0. The number of aliphatic hydroxyl groups is 1. The Balaban J connectivity index is 4.97. The van der Waals surface area contributed by atoms with E-state index in [-0.39, 0.29) is 5.75 Å². The molecule has 0 aliphatic heterocycles. The van der Waals surface area contributed by atoms with Crippen LogP contribution in [0.1, 0.15) is 6.42 Å². The van der Waals surface area contributed by atoms with Gasteiger partial charge in [-0.3, -0.25) is 24.0 Å². The van der Waals surface area contributed by atoms with Crippen LogP contribution in [-0.4, -0.2) is 76.8 Å². The quantitative estimate of drug-likeness (QED) is 0.163. The van der Waals surface area contributed by atoms with Gasteiger partial charge in [-0.2, -0.15) is 12.6 Å². The largest absolute Gasteiger partial charge is 0.480 e. The van der Waals surface area contributed by atoms with Crippen LogP contribution in [0.5, 0.6) is 0 Å². The maximum Gasteiger partial charge on any atom is 0.322 e. The van der Waals surface area contributed by atoms with E-state index in [2.05, 4.69) is 28.6 Å². The zero-order chi connectivity index (χ0) is 19.6. The van der Waals surface area contributed by atoms with Gasteiger partial charge in [-0.15, -0.1) is 0 Å². The van der Waals surface area contributed by atoms with Crippen molar-refractivity contribution < 1.29 is 34.2 Å². The van der Waals surface area contributed by atoms with Crippen LogP contribution in [0, 0.1) is 0 Å². The molecule has 0 aromatic heterocycles. The Bertz CT molecular complexity index is 530. The van der Waals surface area contributed by atoms with Crippen molar-refractivity contribution in [1.29, 1.82) is 0 Å². The predicted octanol–water partition coefficient (Wildman–Crippen LogP) is -4.72. The molecule has 0 bridgehead atoms. The Labute approximate surface area is 148 Å².